The Balaban J connectivity index is 2.12. The highest BCUT2D eigenvalue weighted by atomic mass is 35.5. The van der Waals surface area contributed by atoms with Crippen LogP contribution in [0.25, 0.3) is 0 Å². The van der Waals surface area contributed by atoms with E-state index in [9.17, 15) is 4.39 Å². The second-order valence-corrected chi connectivity index (χ2v) is 4.78. The van der Waals surface area contributed by atoms with Gasteiger partial charge in [0.05, 0.1) is 22.3 Å². The van der Waals surface area contributed by atoms with Gasteiger partial charge in [-0.2, -0.15) is 5.26 Å². The molecule has 5 heteroatoms. The maximum Gasteiger partial charge on any atom is 0.125 e. The van der Waals surface area contributed by atoms with Gasteiger partial charge >= 0.3 is 0 Å². The molecule has 0 saturated carbocycles. The quantitative estimate of drug-likeness (QED) is 0.897. The molecule has 0 saturated heterocycles. The summed E-state index contributed by atoms with van der Waals surface area (Å²) in [6.45, 7) is 0.392. The molecule has 0 radical (unpaired) electrons. The molecular weight excluding hydrogens is 286 g/mol. The normalized spacial score (nSPS) is 10.0. The number of nitrogens with one attached hydrogen (secondary N) is 1. The van der Waals surface area contributed by atoms with Crippen LogP contribution in [0.3, 0.4) is 0 Å². The molecular formula is C14H9Cl2FN2. The fraction of sp³-hybridized carbons (Fsp3) is 0.0714. The summed E-state index contributed by atoms with van der Waals surface area (Å²) in [4.78, 5) is 0. The molecule has 0 unspecified atom stereocenters. The van der Waals surface area contributed by atoms with Gasteiger partial charge in [0.2, 0.25) is 0 Å². The van der Waals surface area contributed by atoms with Crippen LogP contribution in [0.1, 0.15) is 11.1 Å². The van der Waals surface area contributed by atoms with Gasteiger partial charge in [-0.25, -0.2) is 4.39 Å². The van der Waals surface area contributed by atoms with Crippen molar-refractivity contribution in [3.63, 3.8) is 0 Å². The van der Waals surface area contributed by atoms with Gasteiger partial charge in [0.25, 0.3) is 0 Å². The summed E-state index contributed by atoms with van der Waals surface area (Å²) < 4.78 is 13.2. The van der Waals surface area contributed by atoms with Crippen LogP contribution in [-0.4, -0.2) is 0 Å². The van der Waals surface area contributed by atoms with Gasteiger partial charge in [0.15, 0.2) is 0 Å². The van der Waals surface area contributed by atoms with E-state index in [4.69, 9.17) is 28.5 Å². The average Bonchev–Trinajstić information content (AvgIpc) is 2.36. The minimum Gasteiger partial charge on any atom is -0.380 e. The van der Waals surface area contributed by atoms with E-state index in [-0.39, 0.29) is 5.82 Å². The molecule has 1 N–H and O–H groups in total. The van der Waals surface area contributed by atoms with E-state index in [1.807, 2.05) is 6.07 Å². The van der Waals surface area contributed by atoms with Crippen molar-refractivity contribution in [2.24, 2.45) is 0 Å². The number of benzene rings is 2. The molecule has 0 aliphatic rings. The summed E-state index contributed by atoms with van der Waals surface area (Å²) in [6.07, 6.45) is 0. The van der Waals surface area contributed by atoms with Crippen molar-refractivity contribution in [3.8, 4) is 6.07 Å². The molecule has 0 spiro atoms. The lowest BCUT2D eigenvalue weighted by Gasteiger charge is -2.09. The van der Waals surface area contributed by atoms with E-state index in [0.717, 1.165) is 0 Å². The van der Waals surface area contributed by atoms with E-state index in [1.165, 1.54) is 12.1 Å². The van der Waals surface area contributed by atoms with E-state index in [0.29, 0.717) is 33.4 Å². The number of anilines is 1. The van der Waals surface area contributed by atoms with Crippen LogP contribution < -0.4 is 5.32 Å². The third-order valence-electron chi connectivity index (χ3n) is 2.50. The van der Waals surface area contributed by atoms with E-state index in [2.05, 4.69) is 5.32 Å². The minimum atomic E-state index is -0.379. The van der Waals surface area contributed by atoms with Crippen LogP contribution in [0.4, 0.5) is 10.1 Å². The Hall–Kier alpha value is -1.76. The number of nitriles is 1. The van der Waals surface area contributed by atoms with Gasteiger partial charge < -0.3 is 5.32 Å². The van der Waals surface area contributed by atoms with E-state index >= 15 is 0 Å². The molecule has 0 aliphatic carbocycles. The van der Waals surface area contributed by atoms with Crippen LogP contribution in [0.5, 0.6) is 0 Å². The highest BCUT2D eigenvalue weighted by Gasteiger charge is 2.03. The summed E-state index contributed by atoms with van der Waals surface area (Å²) in [5, 5.41) is 12.6. The maximum atomic E-state index is 13.2. The summed E-state index contributed by atoms with van der Waals surface area (Å²) in [6, 6.07) is 11.3. The maximum absolute atomic E-state index is 13.2. The minimum absolute atomic E-state index is 0.350. The molecule has 2 nitrogen and oxygen atoms in total. The standard InChI is InChI=1S/C14H9Cl2FN2/c15-11-3-10(4-12(17)6-11)8-19-14-2-1-9(7-18)5-13(14)16/h1-6,19H,8H2. The van der Waals surface area contributed by atoms with Crippen LogP contribution >= 0.6 is 23.2 Å². The SMILES string of the molecule is N#Cc1ccc(NCc2cc(F)cc(Cl)c2)c(Cl)c1. The van der Waals surface area contributed by atoms with Gasteiger partial charge in [-0.05, 0) is 42.0 Å². The molecule has 2 aromatic rings. The number of hydrogen-bond acceptors (Lipinski definition) is 2. The van der Waals surface area contributed by atoms with Crippen LogP contribution in [0.2, 0.25) is 10.0 Å². The second-order valence-electron chi connectivity index (χ2n) is 3.94. The van der Waals surface area contributed by atoms with Crippen LogP contribution in [-0.2, 0) is 6.54 Å². The Kier molecular flexibility index (Phi) is 4.26. The van der Waals surface area contributed by atoms with Crippen molar-refractivity contribution in [2.75, 3.05) is 5.32 Å². The first-order valence-corrected chi connectivity index (χ1v) is 6.22. The largest absolute Gasteiger partial charge is 0.380 e. The smallest absolute Gasteiger partial charge is 0.125 e. The Morgan fingerprint density at radius 3 is 2.58 bits per heavy atom. The lowest BCUT2D eigenvalue weighted by atomic mass is 10.2. The molecule has 0 fully saturated rings. The van der Waals surface area contributed by atoms with E-state index < -0.39 is 0 Å². The first-order chi connectivity index (χ1) is 9.08. The van der Waals surface area contributed by atoms with Gasteiger partial charge in [-0.15, -0.1) is 0 Å². The Labute approximate surface area is 120 Å². The summed E-state index contributed by atoms with van der Waals surface area (Å²) in [5.41, 5.74) is 1.89. The zero-order chi connectivity index (χ0) is 13.8. The topological polar surface area (TPSA) is 35.8 Å². The third-order valence-corrected chi connectivity index (χ3v) is 3.03. The third kappa shape index (κ3) is 3.60. The van der Waals surface area contributed by atoms with Crippen molar-refractivity contribution in [1.82, 2.24) is 0 Å². The fourth-order valence-corrected chi connectivity index (χ4v) is 2.13. The fourth-order valence-electron chi connectivity index (χ4n) is 1.64. The number of hydrogen-bond donors (Lipinski definition) is 1. The van der Waals surface area contributed by atoms with Crippen LogP contribution in [0.15, 0.2) is 36.4 Å². The van der Waals surface area contributed by atoms with Crippen molar-refractivity contribution in [2.45, 2.75) is 6.54 Å². The van der Waals surface area contributed by atoms with Gasteiger partial charge in [0, 0.05) is 11.6 Å². The predicted octanol–water partition coefficient (Wildman–Crippen LogP) is 4.62. The van der Waals surface area contributed by atoms with Crippen molar-refractivity contribution < 1.29 is 4.39 Å². The van der Waals surface area contributed by atoms with Gasteiger partial charge in [-0.1, -0.05) is 23.2 Å². The molecule has 0 atom stereocenters. The van der Waals surface area contributed by atoms with Crippen molar-refractivity contribution >= 4 is 28.9 Å². The highest BCUT2D eigenvalue weighted by molar-refractivity contribution is 6.33. The summed E-state index contributed by atoms with van der Waals surface area (Å²) >= 11 is 11.8. The first kappa shape index (κ1) is 13.7. The van der Waals surface area contributed by atoms with Crippen molar-refractivity contribution in [1.29, 1.82) is 5.26 Å². The molecule has 0 heterocycles. The molecule has 0 aliphatic heterocycles. The number of halogens is 3. The zero-order valence-corrected chi connectivity index (χ0v) is 11.3. The zero-order valence-electron chi connectivity index (χ0n) is 9.75. The van der Waals surface area contributed by atoms with Crippen molar-refractivity contribution in [3.05, 3.63) is 63.4 Å². The molecule has 19 heavy (non-hydrogen) atoms. The average molecular weight is 295 g/mol. The van der Waals surface area contributed by atoms with Gasteiger partial charge in [0.1, 0.15) is 5.82 Å². The Bertz CT molecular complexity index is 630. The lowest BCUT2D eigenvalue weighted by molar-refractivity contribution is 0.626. The molecule has 0 aromatic heterocycles. The second kappa shape index (κ2) is 5.92. The van der Waals surface area contributed by atoms with Gasteiger partial charge in [-0.3, -0.25) is 0 Å². The first-order valence-electron chi connectivity index (χ1n) is 5.47. The predicted molar refractivity (Wildman–Crippen MR) is 74.9 cm³/mol. The molecule has 96 valence electrons. The Morgan fingerprint density at radius 2 is 1.95 bits per heavy atom. The summed E-state index contributed by atoms with van der Waals surface area (Å²) in [5.74, 6) is -0.379. The molecule has 2 aromatic carbocycles. The molecule has 0 amide bonds. The van der Waals surface area contributed by atoms with E-state index in [1.54, 1.807) is 24.3 Å². The number of nitrogens with zero attached hydrogens (tertiary/aromatic N) is 1. The Morgan fingerprint density at radius 1 is 1.16 bits per heavy atom. The molecule has 0 bridgehead atoms. The number of rotatable bonds is 3. The highest BCUT2D eigenvalue weighted by Crippen LogP contribution is 2.24. The molecule has 2 rings (SSSR count). The summed E-state index contributed by atoms with van der Waals surface area (Å²) in [7, 11) is 0. The monoisotopic (exact) mass is 294 g/mol. The van der Waals surface area contributed by atoms with Crippen LogP contribution in [0, 0.1) is 17.1 Å². The lowest BCUT2D eigenvalue weighted by Crippen LogP contribution is -2.00.